The van der Waals surface area contributed by atoms with E-state index < -0.39 is 17.5 Å². The molecule has 1 aromatic carbocycles. The van der Waals surface area contributed by atoms with Crippen molar-refractivity contribution in [2.24, 2.45) is 0 Å². The minimum absolute atomic E-state index is 0.169. The molecule has 0 saturated heterocycles. The van der Waals surface area contributed by atoms with E-state index in [1.807, 2.05) is 6.92 Å². The molecule has 0 bridgehead atoms. The molecule has 4 nitrogen and oxygen atoms in total. The van der Waals surface area contributed by atoms with Crippen molar-refractivity contribution in [3.05, 3.63) is 41.0 Å². The van der Waals surface area contributed by atoms with Crippen molar-refractivity contribution in [2.45, 2.75) is 13.3 Å². The summed E-state index contributed by atoms with van der Waals surface area (Å²) in [7, 11) is 0. The molecule has 6 heteroatoms. The number of benzene rings is 1. The van der Waals surface area contributed by atoms with Crippen molar-refractivity contribution < 1.29 is 18.3 Å². The highest BCUT2D eigenvalue weighted by atomic mass is 19.2. The Morgan fingerprint density at radius 2 is 2.19 bits per heavy atom. The fourth-order valence-electron chi connectivity index (χ4n) is 1.53. The predicted molar refractivity (Wildman–Crippen MR) is 74.1 cm³/mol. The molecule has 1 rings (SSSR count). The number of nitrogens with zero attached hydrogens (tertiary/aromatic N) is 1. The largest absolute Gasteiger partial charge is 0.382 e. The molecule has 0 unspecified atom stereocenters. The van der Waals surface area contributed by atoms with Gasteiger partial charge in [-0.05, 0) is 37.1 Å². The van der Waals surface area contributed by atoms with Crippen molar-refractivity contribution in [3.63, 3.8) is 0 Å². The summed E-state index contributed by atoms with van der Waals surface area (Å²) in [6, 6.07) is 4.89. The molecule has 1 N–H and O–H groups in total. The van der Waals surface area contributed by atoms with E-state index >= 15 is 0 Å². The van der Waals surface area contributed by atoms with E-state index in [0.717, 1.165) is 12.1 Å². The zero-order chi connectivity index (χ0) is 15.7. The van der Waals surface area contributed by atoms with Crippen molar-refractivity contribution >= 4 is 12.0 Å². The summed E-state index contributed by atoms with van der Waals surface area (Å²) in [5, 5.41) is 11.5. The standard InChI is InChI=1S/C15H16F2N2O2/c1-2-21-7-3-6-19-15(20)12(10-18)8-11-4-5-13(16)14(17)9-11/h4-5,8-9H,2-3,6-7H2,1H3,(H,19,20)/b12-8+. The lowest BCUT2D eigenvalue weighted by atomic mass is 10.1. The molecule has 21 heavy (non-hydrogen) atoms. The Hall–Kier alpha value is -2.26. The van der Waals surface area contributed by atoms with Crippen LogP contribution in [0.3, 0.4) is 0 Å². The molecule has 112 valence electrons. The summed E-state index contributed by atoms with van der Waals surface area (Å²) >= 11 is 0. The maximum Gasteiger partial charge on any atom is 0.261 e. The van der Waals surface area contributed by atoms with Gasteiger partial charge < -0.3 is 10.1 Å². The lowest BCUT2D eigenvalue weighted by Gasteiger charge is -2.04. The fraction of sp³-hybridized carbons (Fsp3) is 0.333. The van der Waals surface area contributed by atoms with Crippen LogP contribution in [0.15, 0.2) is 23.8 Å². The maximum atomic E-state index is 13.1. The molecule has 0 atom stereocenters. The molecule has 0 fully saturated rings. The quantitative estimate of drug-likeness (QED) is 0.477. The van der Waals surface area contributed by atoms with Gasteiger partial charge in [0.2, 0.25) is 0 Å². The number of halogens is 2. The number of amides is 1. The van der Waals surface area contributed by atoms with Crippen LogP contribution in [-0.2, 0) is 9.53 Å². The number of carbonyl (C=O) groups is 1. The number of nitrogens with one attached hydrogen (secondary N) is 1. The lowest BCUT2D eigenvalue weighted by Crippen LogP contribution is -2.26. The summed E-state index contributed by atoms with van der Waals surface area (Å²) in [5.41, 5.74) is 0.0762. The molecule has 1 amide bonds. The highest BCUT2D eigenvalue weighted by Crippen LogP contribution is 2.12. The smallest absolute Gasteiger partial charge is 0.261 e. The minimum Gasteiger partial charge on any atom is -0.382 e. The highest BCUT2D eigenvalue weighted by molar-refractivity contribution is 6.01. The van der Waals surface area contributed by atoms with Gasteiger partial charge in [0, 0.05) is 19.8 Å². The molecular formula is C15H16F2N2O2. The van der Waals surface area contributed by atoms with Crippen LogP contribution in [0.2, 0.25) is 0 Å². The van der Waals surface area contributed by atoms with Crippen LogP contribution in [0.4, 0.5) is 8.78 Å². The number of rotatable bonds is 7. The van der Waals surface area contributed by atoms with E-state index in [1.54, 1.807) is 6.07 Å². The Balaban J connectivity index is 2.64. The molecule has 1 aromatic rings. The third-order valence-electron chi connectivity index (χ3n) is 2.57. The van der Waals surface area contributed by atoms with Crippen LogP contribution >= 0.6 is 0 Å². The summed E-state index contributed by atoms with van der Waals surface area (Å²) < 4.78 is 31.0. The number of nitriles is 1. The maximum absolute atomic E-state index is 13.1. The first kappa shape index (κ1) is 16.8. The Kier molecular flexibility index (Phi) is 7.05. The molecule has 0 radical (unpaired) electrons. The summed E-state index contributed by atoms with van der Waals surface area (Å²) in [5.74, 6) is -2.57. The second-order valence-electron chi connectivity index (χ2n) is 4.15. The molecule has 0 aromatic heterocycles. The van der Waals surface area contributed by atoms with Gasteiger partial charge in [-0.15, -0.1) is 0 Å². The average Bonchev–Trinajstić information content (AvgIpc) is 2.48. The van der Waals surface area contributed by atoms with Gasteiger partial charge in [-0.25, -0.2) is 8.78 Å². The van der Waals surface area contributed by atoms with Gasteiger partial charge in [0.05, 0.1) is 0 Å². The van der Waals surface area contributed by atoms with Crippen molar-refractivity contribution in [1.29, 1.82) is 5.26 Å². The van der Waals surface area contributed by atoms with E-state index in [1.165, 1.54) is 12.1 Å². The summed E-state index contributed by atoms with van der Waals surface area (Å²) in [4.78, 5) is 11.8. The van der Waals surface area contributed by atoms with Crippen LogP contribution < -0.4 is 5.32 Å². The van der Waals surface area contributed by atoms with E-state index in [0.29, 0.717) is 26.2 Å². The third-order valence-corrected chi connectivity index (χ3v) is 2.57. The summed E-state index contributed by atoms with van der Waals surface area (Å²) in [6.45, 7) is 3.37. The first-order valence-electron chi connectivity index (χ1n) is 6.51. The molecular weight excluding hydrogens is 278 g/mol. The Bertz CT molecular complexity index is 565. The molecule has 0 aliphatic carbocycles. The van der Waals surface area contributed by atoms with Crippen LogP contribution in [0.5, 0.6) is 0 Å². The minimum atomic E-state index is -1.03. The predicted octanol–water partition coefficient (Wildman–Crippen LogP) is 2.41. The number of carbonyl (C=O) groups excluding carboxylic acids is 1. The molecule has 0 aliphatic rings. The molecule has 0 spiro atoms. The fourth-order valence-corrected chi connectivity index (χ4v) is 1.53. The highest BCUT2D eigenvalue weighted by Gasteiger charge is 2.09. The molecule has 0 heterocycles. The zero-order valence-corrected chi connectivity index (χ0v) is 11.7. The van der Waals surface area contributed by atoms with Crippen LogP contribution in [0.25, 0.3) is 6.08 Å². The van der Waals surface area contributed by atoms with Gasteiger partial charge in [0.15, 0.2) is 11.6 Å². The van der Waals surface area contributed by atoms with Gasteiger partial charge in [0.25, 0.3) is 5.91 Å². The third kappa shape index (κ3) is 5.71. The number of hydrogen-bond donors (Lipinski definition) is 1. The van der Waals surface area contributed by atoms with Crippen molar-refractivity contribution in [3.8, 4) is 6.07 Å². The number of ether oxygens (including phenoxy) is 1. The molecule has 0 aliphatic heterocycles. The van der Waals surface area contributed by atoms with Crippen LogP contribution in [0, 0.1) is 23.0 Å². The zero-order valence-electron chi connectivity index (χ0n) is 11.7. The van der Waals surface area contributed by atoms with E-state index in [-0.39, 0.29) is 11.1 Å². The average molecular weight is 294 g/mol. The Labute approximate surface area is 122 Å². The van der Waals surface area contributed by atoms with E-state index in [2.05, 4.69) is 5.32 Å². The Morgan fingerprint density at radius 3 is 2.81 bits per heavy atom. The van der Waals surface area contributed by atoms with E-state index in [9.17, 15) is 13.6 Å². The number of hydrogen-bond acceptors (Lipinski definition) is 3. The summed E-state index contributed by atoms with van der Waals surface area (Å²) in [6.07, 6.45) is 1.84. The van der Waals surface area contributed by atoms with Crippen LogP contribution in [0.1, 0.15) is 18.9 Å². The van der Waals surface area contributed by atoms with E-state index in [4.69, 9.17) is 10.00 Å². The molecule has 0 saturated carbocycles. The monoisotopic (exact) mass is 294 g/mol. The van der Waals surface area contributed by atoms with Crippen molar-refractivity contribution in [1.82, 2.24) is 5.32 Å². The van der Waals surface area contributed by atoms with Crippen LogP contribution in [-0.4, -0.2) is 25.7 Å². The van der Waals surface area contributed by atoms with Gasteiger partial charge in [0.1, 0.15) is 11.6 Å². The van der Waals surface area contributed by atoms with Gasteiger partial charge in [-0.1, -0.05) is 6.07 Å². The Morgan fingerprint density at radius 1 is 1.43 bits per heavy atom. The lowest BCUT2D eigenvalue weighted by molar-refractivity contribution is -0.117. The SMILES string of the molecule is CCOCCCNC(=O)/C(C#N)=C/c1ccc(F)c(F)c1. The van der Waals surface area contributed by atoms with Gasteiger partial charge in [-0.3, -0.25) is 4.79 Å². The first-order chi connectivity index (χ1) is 10.1. The topological polar surface area (TPSA) is 62.1 Å². The van der Waals surface area contributed by atoms with Gasteiger partial charge >= 0.3 is 0 Å². The normalized spacial score (nSPS) is 11.0. The first-order valence-corrected chi connectivity index (χ1v) is 6.51. The van der Waals surface area contributed by atoms with Crippen molar-refractivity contribution in [2.75, 3.05) is 19.8 Å². The van der Waals surface area contributed by atoms with Gasteiger partial charge in [-0.2, -0.15) is 5.26 Å². The second kappa shape index (κ2) is 8.82. The second-order valence-corrected chi connectivity index (χ2v) is 4.15.